The molecule has 1 amide bonds. The van der Waals surface area contributed by atoms with E-state index in [1.165, 1.54) is 0 Å². The smallest absolute Gasteiger partial charge is 0.412 e. The predicted octanol–water partition coefficient (Wildman–Crippen LogP) is 2.78. The van der Waals surface area contributed by atoms with Crippen molar-refractivity contribution in [2.45, 2.75) is 33.0 Å². The molecule has 0 unspecified atom stereocenters. The first kappa shape index (κ1) is 16.0. The summed E-state index contributed by atoms with van der Waals surface area (Å²) in [6.07, 6.45) is -0.598. The molecule has 1 aromatic carbocycles. The molecule has 2 rings (SSSR count). The van der Waals surface area contributed by atoms with E-state index in [9.17, 15) is 4.79 Å². The number of anilines is 1. The molecule has 9 heteroatoms. The van der Waals surface area contributed by atoms with Crippen LogP contribution in [0.1, 0.15) is 26.6 Å². The molecule has 0 bridgehead atoms. The van der Waals surface area contributed by atoms with E-state index >= 15 is 0 Å². The Hall–Kier alpha value is -2.35. The Kier molecular flexibility index (Phi) is 4.81. The Balaban J connectivity index is 2.08. The number of carbonyl (C=O) groups excluding carboxylic acids is 1. The van der Waals surface area contributed by atoms with Gasteiger partial charge in [-0.15, -0.1) is 10.2 Å². The third-order valence-corrected chi connectivity index (χ3v) is 2.56. The van der Waals surface area contributed by atoms with E-state index in [-0.39, 0.29) is 6.61 Å². The quantitative estimate of drug-likeness (QED) is 0.896. The van der Waals surface area contributed by atoms with E-state index in [4.69, 9.17) is 21.1 Å². The van der Waals surface area contributed by atoms with Crippen molar-refractivity contribution >= 4 is 23.4 Å². The van der Waals surface area contributed by atoms with Gasteiger partial charge in [0, 0.05) is 5.02 Å². The Bertz CT molecular complexity index is 640. The second-order valence-electron chi connectivity index (χ2n) is 5.38. The maximum Gasteiger partial charge on any atom is 0.412 e. The van der Waals surface area contributed by atoms with E-state index in [1.807, 2.05) is 0 Å². The molecular weight excluding hydrogens is 310 g/mol. The van der Waals surface area contributed by atoms with Gasteiger partial charge in [-0.25, -0.2) is 4.79 Å². The van der Waals surface area contributed by atoms with Gasteiger partial charge in [0.1, 0.15) is 11.4 Å². The van der Waals surface area contributed by atoms with Crippen LogP contribution in [-0.4, -0.2) is 32.3 Å². The molecule has 0 saturated carbocycles. The second kappa shape index (κ2) is 6.61. The molecule has 118 valence electrons. The number of halogens is 1. The Labute approximate surface area is 132 Å². The lowest BCUT2D eigenvalue weighted by atomic mass is 10.2. The number of aromatic amines is 1. The minimum absolute atomic E-state index is 0.0983. The summed E-state index contributed by atoms with van der Waals surface area (Å²) in [7, 11) is 0. The van der Waals surface area contributed by atoms with E-state index < -0.39 is 11.7 Å². The van der Waals surface area contributed by atoms with Crippen LogP contribution in [0.25, 0.3) is 0 Å². The highest BCUT2D eigenvalue weighted by atomic mass is 35.5. The van der Waals surface area contributed by atoms with Gasteiger partial charge in [0.15, 0.2) is 6.61 Å². The molecule has 0 spiro atoms. The van der Waals surface area contributed by atoms with Gasteiger partial charge in [-0.2, -0.15) is 5.21 Å². The van der Waals surface area contributed by atoms with E-state index in [2.05, 4.69) is 25.9 Å². The highest BCUT2D eigenvalue weighted by Gasteiger charge is 2.18. The van der Waals surface area contributed by atoms with E-state index in [1.54, 1.807) is 39.0 Å². The van der Waals surface area contributed by atoms with Gasteiger partial charge in [-0.05, 0) is 39.0 Å². The fraction of sp³-hybridized carbons (Fsp3) is 0.385. The number of carbonyl (C=O) groups is 1. The molecule has 22 heavy (non-hydrogen) atoms. The minimum atomic E-state index is -0.603. The molecule has 1 aromatic heterocycles. The maximum absolute atomic E-state index is 11.9. The van der Waals surface area contributed by atoms with Crippen LogP contribution >= 0.6 is 11.6 Å². The molecule has 0 atom stereocenters. The lowest BCUT2D eigenvalue weighted by Crippen LogP contribution is -2.27. The Morgan fingerprint density at radius 3 is 2.82 bits per heavy atom. The van der Waals surface area contributed by atoms with Crippen LogP contribution in [0.4, 0.5) is 10.5 Å². The van der Waals surface area contributed by atoms with Crippen molar-refractivity contribution in [3.63, 3.8) is 0 Å². The molecule has 2 aromatic rings. The van der Waals surface area contributed by atoms with Crippen LogP contribution in [0.5, 0.6) is 5.75 Å². The number of tetrazole rings is 1. The number of hydrogen-bond acceptors (Lipinski definition) is 6. The molecule has 1 heterocycles. The zero-order valence-corrected chi connectivity index (χ0v) is 13.1. The average molecular weight is 326 g/mol. The molecule has 0 aliphatic rings. The number of aromatic nitrogens is 4. The number of nitrogens with one attached hydrogen (secondary N) is 2. The van der Waals surface area contributed by atoms with Crippen molar-refractivity contribution < 1.29 is 14.3 Å². The van der Waals surface area contributed by atoms with Gasteiger partial charge in [0.05, 0.1) is 5.69 Å². The first-order valence-electron chi connectivity index (χ1n) is 6.48. The van der Waals surface area contributed by atoms with Crippen LogP contribution in [0.2, 0.25) is 5.02 Å². The molecule has 0 fully saturated rings. The first-order valence-corrected chi connectivity index (χ1v) is 6.86. The molecule has 0 aliphatic carbocycles. The zero-order chi connectivity index (χ0) is 16.2. The van der Waals surface area contributed by atoms with Gasteiger partial charge < -0.3 is 9.47 Å². The van der Waals surface area contributed by atoms with Crippen LogP contribution in [-0.2, 0) is 11.3 Å². The molecule has 2 N–H and O–H groups in total. The Morgan fingerprint density at radius 2 is 2.18 bits per heavy atom. The summed E-state index contributed by atoms with van der Waals surface area (Å²) in [5.74, 6) is 0.804. The summed E-state index contributed by atoms with van der Waals surface area (Å²) in [5, 5.41) is 16.4. The summed E-state index contributed by atoms with van der Waals surface area (Å²) in [6, 6.07) is 4.85. The monoisotopic (exact) mass is 325 g/mol. The van der Waals surface area contributed by atoms with Gasteiger partial charge in [0.25, 0.3) is 0 Å². The van der Waals surface area contributed by atoms with E-state index in [0.29, 0.717) is 22.3 Å². The van der Waals surface area contributed by atoms with Gasteiger partial charge >= 0.3 is 6.09 Å². The lowest BCUT2D eigenvalue weighted by molar-refractivity contribution is 0.0635. The molecule has 0 aliphatic heterocycles. The summed E-state index contributed by atoms with van der Waals surface area (Å²) in [6.45, 7) is 5.43. The third-order valence-electron chi connectivity index (χ3n) is 2.32. The molecule has 0 saturated heterocycles. The number of nitrogens with zero attached hydrogens (tertiary/aromatic N) is 3. The molecular formula is C13H16ClN5O3. The van der Waals surface area contributed by atoms with Crippen molar-refractivity contribution in [3.05, 3.63) is 29.0 Å². The van der Waals surface area contributed by atoms with Crippen molar-refractivity contribution in [1.29, 1.82) is 0 Å². The Morgan fingerprint density at radius 1 is 1.41 bits per heavy atom. The van der Waals surface area contributed by atoms with Crippen molar-refractivity contribution in [2.24, 2.45) is 0 Å². The summed E-state index contributed by atoms with van der Waals surface area (Å²) in [5.41, 5.74) is -0.209. The number of ether oxygens (including phenoxy) is 2. The van der Waals surface area contributed by atoms with Crippen molar-refractivity contribution in [3.8, 4) is 5.75 Å². The number of H-pyrrole nitrogens is 1. The maximum atomic E-state index is 11.9. The fourth-order valence-corrected chi connectivity index (χ4v) is 1.70. The minimum Gasteiger partial charge on any atom is -0.483 e. The molecule has 0 radical (unpaired) electrons. The third kappa shape index (κ3) is 4.88. The number of hydrogen-bond donors (Lipinski definition) is 2. The fourth-order valence-electron chi connectivity index (χ4n) is 1.53. The van der Waals surface area contributed by atoms with Crippen LogP contribution in [0.15, 0.2) is 18.2 Å². The van der Waals surface area contributed by atoms with Crippen LogP contribution in [0.3, 0.4) is 0 Å². The SMILES string of the molecule is CC(C)(C)OC(=O)Nc1cc(Cl)ccc1OCc1nn[nH]n1. The first-order chi connectivity index (χ1) is 10.3. The number of amides is 1. The standard InChI is InChI=1S/C13H16ClN5O3/c1-13(2,3)22-12(20)15-9-6-8(14)4-5-10(9)21-7-11-16-18-19-17-11/h4-6H,7H2,1-3H3,(H,15,20)(H,16,17,18,19). The number of benzene rings is 1. The number of rotatable bonds is 4. The second-order valence-corrected chi connectivity index (χ2v) is 5.82. The zero-order valence-electron chi connectivity index (χ0n) is 12.4. The predicted molar refractivity (Wildman–Crippen MR) is 79.8 cm³/mol. The average Bonchev–Trinajstić information content (AvgIpc) is 2.88. The van der Waals surface area contributed by atoms with Crippen molar-refractivity contribution in [1.82, 2.24) is 20.6 Å². The van der Waals surface area contributed by atoms with Gasteiger partial charge in [-0.1, -0.05) is 16.8 Å². The largest absolute Gasteiger partial charge is 0.483 e. The summed E-state index contributed by atoms with van der Waals surface area (Å²) >= 11 is 5.95. The highest BCUT2D eigenvalue weighted by molar-refractivity contribution is 6.31. The normalized spacial score (nSPS) is 11.1. The summed E-state index contributed by atoms with van der Waals surface area (Å²) < 4.78 is 10.8. The van der Waals surface area contributed by atoms with Gasteiger partial charge in [0.2, 0.25) is 5.82 Å². The van der Waals surface area contributed by atoms with Gasteiger partial charge in [-0.3, -0.25) is 5.32 Å². The van der Waals surface area contributed by atoms with Crippen LogP contribution in [0, 0.1) is 0 Å². The highest BCUT2D eigenvalue weighted by Crippen LogP contribution is 2.29. The van der Waals surface area contributed by atoms with Crippen LogP contribution < -0.4 is 10.1 Å². The van der Waals surface area contributed by atoms with Crippen molar-refractivity contribution in [2.75, 3.05) is 5.32 Å². The topological polar surface area (TPSA) is 102 Å². The van der Waals surface area contributed by atoms with E-state index in [0.717, 1.165) is 0 Å². The lowest BCUT2D eigenvalue weighted by Gasteiger charge is -2.20. The molecule has 8 nitrogen and oxygen atoms in total. The summed E-state index contributed by atoms with van der Waals surface area (Å²) in [4.78, 5) is 11.9.